The molecule has 0 atom stereocenters. The summed E-state index contributed by atoms with van der Waals surface area (Å²) in [7, 11) is 0. The quantitative estimate of drug-likeness (QED) is 0.402. The molecule has 36 valence electrons. The van der Waals surface area contributed by atoms with Crippen molar-refractivity contribution < 1.29 is 9.59 Å². The van der Waals surface area contributed by atoms with E-state index in [-0.39, 0.29) is 0 Å². The van der Waals surface area contributed by atoms with Gasteiger partial charge < -0.3 is 9.59 Å². The first-order chi connectivity index (χ1) is 2.83. The van der Waals surface area contributed by atoms with E-state index in [0.717, 1.165) is 12.6 Å². The highest BCUT2D eigenvalue weighted by molar-refractivity contribution is 5.44. The second-order valence-corrected chi connectivity index (χ2v) is 0.471. The van der Waals surface area contributed by atoms with Gasteiger partial charge in [-0.3, -0.25) is 0 Å². The van der Waals surface area contributed by atoms with E-state index in [0.29, 0.717) is 0 Å². The van der Waals surface area contributed by atoms with Gasteiger partial charge in [-0.15, -0.1) is 0 Å². The average molecular weight is 88.1 g/mol. The third-order valence-corrected chi connectivity index (χ3v) is 0. The summed E-state index contributed by atoms with van der Waals surface area (Å²) in [6.45, 7) is 2.89. The van der Waals surface area contributed by atoms with Gasteiger partial charge in [0.05, 0.1) is 0 Å². The molecule has 0 saturated heterocycles. The Hall–Kier alpha value is -0.660. The van der Waals surface area contributed by atoms with Gasteiger partial charge in [0, 0.05) is 0 Å². The molecule has 0 spiro atoms. The lowest BCUT2D eigenvalue weighted by Gasteiger charge is -1.24. The minimum atomic E-state index is 0.750. The summed E-state index contributed by atoms with van der Waals surface area (Å²) in [6, 6.07) is 0. The topological polar surface area (TPSA) is 34.1 Å². The molecule has 0 aliphatic rings. The van der Waals surface area contributed by atoms with Crippen LogP contribution in [0, 0.1) is 0 Å². The first kappa shape index (κ1) is 9.02. The van der Waals surface area contributed by atoms with Gasteiger partial charge in [-0.25, -0.2) is 0 Å². The molecule has 0 heterocycles. The van der Waals surface area contributed by atoms with Crippen molar-refractivity contribution in [3.05, 3.63) is 0 Å². The predicted molar refractivity (Wildman–Crippen MR) is 23.5 cm³/mol. The Kier molecular flexibility index (Phi) is 40.5. The summed E-state index contributed by atoms with van der Waals surface area (Å²) < 4.78 is 0. The van der Waals surface area contributed by atoms with Gasteiger partial charge in [0.2, 0.25) is 0 Å². The van der Waals surface area contributed by atoms with E-state index >= 15 is 0 Å². The van der Waals surface area contributed by atoms with E-state index in [1.54, 1.807) is 0 Å². The number of hydrogen-bond acceptors (Lipinski definition) is 2. The van der Waals surface area contributed by atoms with Crippen molar-refractivity contribution in [1.29, 1.82) is 0 Å². The Morgan fingerprint density at radius 3 is 1.00 bits per heavy atom. The van der Waals surface area contributed by atoms with Crippen LogP contribution in [0.15, 0.2) is 0 Å². The van der Waals surface area contributed by atoms with Gasteiger partial charge in [0.1, 0.15) is 12.6 Å². The van der Waals surface area contributed by atoms with Gasteiger partial charge in [-0.2, -0.15) is 0 Å². The van der Waals surface area contributed by atoms with Crippen LogP contribution in [0.4, 0.5) is 0 Å². The van der Waals surface area contributed by atoms with E-state index in [2.05, 4.69) is 0 Å². The Labute approximate surface area is 37.2 Å². The Morgan fingerprint density at radius 2 is 1.00 bits per heavy atom. The fourth-order valence-corrected chi connectivity index (χ4v) is 0. The Balaban J connectivity index is 0. The van der Waals surface area contributed by atoms with E-state index in [1.807, 2.05) is 0 Å². The molecular formula is C4H8O2. The molecule has 0 rings (SSSR count). The highest BCUT2D eigenvalue weighted by Gasteiger charge is 1.24. The zero-order valence-corrected chi connectivity index (χ0v) is 3.97. The predicted octanol–water partition coefficient (Wildman–Crippen LogP) is 0.410. The molecule has 2 heteroatoms. The maximum absolute atomic E-state index is 8.81. The zero-order valence-electron chi connectivity index (χ0n) is 3.97. The summed E-state index contributed by atoms with van der Waals surface area (Å²) in [5.41, 5.74) is 0. The summed E-state index contributed by atoms with van der Waals surface area (Å²) in [4.78, 5) is 17.6. The highest BCUT2D eigenvalue weighted by atomic mass is 16.1. The van der Waals surface area contributed by atoms with Gasteiger partial charge in [0.25, 0.3) is 0 Å². The molecule has 0 aromatic rings. The van der Waals surface area contributed by atoms with Crippen molar-refractivity contribution in [3.63, 3.8) is 0 Å². The Morgan fingerprint density at radius 1 is 1.00 bits per heavy atom. The van der Waals surface area contributed by atoms with Crippen LogP contribution in [0.5, 0.6) is 0 Å². The number of aldehydes is 2. The lowest BCUT2D eigenvalue weighted by Crippen LogP contribution is -1.36. The van der Waals surface area contributed by atoms with Crippen LogP contribution in [-0.2, 0) is 9.59 Å². The maximum atomic E-state index is 8.81. The van der Waals surface area contributed by atoms with Crippen molar-refractivity contribution in [2.24, 2.45) is 0 Å². The molecular weight excluding hydrogens is 80.0 g/mol. The van der Waals surface area contributed by atoms with Crippen molar-refractivity contribution >= 4 is 12.6 Å². The summed E-state index contributed by atoms with van der Waals surface area (Å²) in [6.07, 6.45) is 1.50. The third-order valence-electron chi connectivity index (χ3n) is 0. The van der Waals surface area contributed by atoms with Crippen molar-refractivity contribution in [2.45, 2.75) is 13.8 Å². The van der Waals surface area contributed by atoms with Crippen LogP contribution >= 0.6 is 0 Å². The number of carbonyl (C=O) groups is 2. The summed E-state index contributed by atoms with van der Waals surface area (Å²) in [5, 5.41) is 0. The number of rotatable bonds is 0. The molecule has 0 bridgehead atoms. The molecule has 0 N–H and O–H groups in total. The lowest BCUT2D eigenvalue weighted by atomic mass is 11.0. The van der Waals surface area contributed by atoms with Gasteiger partial charge in [-0.1, -0.05) is 0 Å². The smallest absolute Gasteiger partial charge is 0.116 e. The van der Waals surface area contributed by atoms with Crippen LogP contribution < -0.4 is 0 Å². The van der Waals surface area contributed by atoms with E-state index in [1.165, 1.54) is 13.8 Å². The van der Waals surface area contributed by atoms with E-state index in [9.17, 15) is 0 Å². The van der Waals surface area contributed by atoms with Gasteiger partial charge >= 0.3 is 0 Å². The standard InChI is InChI=1S/2C2H4O/c2*1-2-3/h2*2H,1H3. The lowest BCUT2D eigenvalue weighted by molar-refractivity contribution is -0.106. The molecule has 0 unspecified atom stereocenters. The monoisotopic (exact) mass is 88.1 g/mol. The maximum Gasteiger partial charge on any atom is 0.116 e. The minimum absolute atomic E-state index is 0.750. The molecule has 0 aromatic heterocycles. The first-order valence-electron chi connectivity index (χ1n) is 1.63. The number of hydrogen-bond donors (Lipinski definition) is 0. The fraction of sp³-hybridized carbons (Fsp3) is 0.500. The molecule has 0 aliphatic heterocycles. The molecule has 0 radical (unpaired) electrons. The van der Waals surface area contributed by atoms with Crippen molar-refractivity contribution in [3.8, 4) is 0 Å². The summed E-state index contributed by atoms with van der Waals surface area (Å²) in [5.74, 6) is 0. The largest absolute Gasteiger partial charge is 0.304 e. The van der Waals surface area contributed by atoms with Crippen LogP contribution in [0.25, 0.3) is 0 Å². The minimum Gasteiger partial charge on any atom is -0.304 e. The van der Waals surface area contributed by atoms with E-state index < -0.39 is 0 Å². The fourth-order valence-electron chi connectivity index (χ4n) is 0. The van der Waals surface area contributed by atoms with Gasteiger partial charge in [-0.05, 0) is 13.8 Å². The van der Waals surface area contributed by atoms with Crippen molar-refractivity contribution in [2.75, 3.05) is 0 Å². The second kappa shape index (κ2) is 27.0. The van der Waals surface area contributed by atoms with Crippen LogP contribution in [0.1, 0.15) is 13.8 Å². The normalized spacial score (nSPS) is 4.33. The molecule has 0 fully saturated rings. The molecule has 0 aromatic carbocycles. The third kappa shape index (κ3) is 42.0. The molecule has 0 saturated carbocycles. The highest BCUT2D eigenvalue weighted by Crippen LogP contribution is 1.13. The summed E-state index contributed by atoms with van der Waals surface area (Å²) >= 11 is 0. The zero-order chi connectivity index (χ0) is 5.41. The van der Waals surface area contributed by atoms with Crippen LogP contribution in [0.3, 0.4) is 0 Å². The Bertz CT molecular complexity index is 26.5. The SMILES string of the molecule is CC=O.CC=O. The second-order valence-electron chi connectivity index (χ2n) is 0.471. The molecule has 6 heavy (non-hydrogen) atoms. The van der Waals surface area contributed by atoms with Crippen LogP contribution in [-0.4, -0.2) is 12.6 Å². The number of carbonyl (C=O) groups excluding carboxylic acids is 2. The molecule has 2 nitrogen and oxygen atoms in total. The van der Waals surface area contributed by atoms with Crippen LogP contribution in [0.2, 0.25) is 0 Å². The van der Waals surface area contributed by atoms with E-state index in [4.69, 9.17) is 9.59 Å². The van der Waals surface area contributed by atoms with Crippen molar-refractivity contribution in [1.82, 2.24) is 0 Å². The van der Waals surface area contributed by atoms with Gasteiger partial charge in [0.15, 0.2) is 0 Å². The molecule has 0 amide bonds. The molecule has 0 aliphatic carbocycles. The first-order valence-corrected chi connectivity index (χ1v) is 1.63. The average Bonchev–Trinajstić information content (AvgIpc) is 1.39.